The number of phenols is 2. The van der Waals surface area contributed by atoms with E-state index in [2.05, 4.69) is 0 Å². The maximum atomic E-state index is 9.17. The highest BCUT2D eigenvalue weighted by atomic mass is 32.2. The summed E-state index contributed by atoms with van der Waals surface area (Å²) >= 11 is 1.79. The molecule has 2 aromatic carbocycles. The molecule has 0 aliphatic carbocycles. The van der Waals surface area contributed by atoms with E-state index < -0.39 is 0 Å². The molecule has 2 nitrogen and oxygen atoms in total. The van der Waals surface area contributed by atoms with Gasteiger partial charge in [-0.25, -0.2) is 0 Å². The van der Waals surface area contributed by atoms with E-state index in [1.54, 1.807) is 36.0 Å². The molecule has 3 heteroatoms. The Morgan fingerprint density at radius 2 is 1.33 bits per heavy atom. The van der Waals surface area contributed by atoms with Crippen molar-refractivity contribution in [3.63, 3.8) is 0 Å². The van der Waals surface area contributed by atoms with Crippen molar-refractivity contribution in [1.82, 2.24) is 0 Å². The molecule has 0 bridgehead atoms. The van der Waals surface area contributed by atoms with Gasteiger partial charge in [0.2, 0.25) is 0 Å². The Morgan fingerprint density at radius 3 is 1.94 bits per heavy atom. The minimum atomic E-state index is 0.309. The Bertz CT molecular complexity index is 429. The van der Waals surface area contributed by atoms with Crippen molar-refractivity contribution in [1.29, 1.82) is 0 Å². The van der Waals surface area contributed by atoms with E-state index in [-0.39, 0.29) is 0 Å². The first-order valence-electron chi connectivity index (χ1n) is 5.94. The molecule has 18 heavy (non-hydrogen) atoms. The maximum Gasteiger partial charge on any atom is 0.115 e. The Morgan fingerprint density at radius 1 is 0.778 bits per heavy atom. The molecule has 0 fully saturated rings. The summed E-state index contributed by atoms with van der Waals surface area (Å²) in [5, 5.41) is 18.3. The van der Waals surface area contributed by atoms with E-state index in [0.29, 0.717) is 11.5 Å². The molecule has 0 spiro atoms. The summed E-state index contributed by atoms with van der Waals surface area (Å²) in [6.45, 7) is 0. The van der Waals surface area contributed by atoms with Crippen LogP contribution in [0.5, 0.6) is 11.5 Å². The van der Waals surface area contributed by atoms with E-state index in [4.69, 9.17) is 5.11 Å². The first-order valence-corrected chi connectivity index (χ1v) is 6.92. The average molecular weight is 260 g/mol. The van der Waals surface area contributed by atoms with Crippen molar-refractivity contribution >= 4 is 11.8 Å². The summed E-state index contributed by atoms with van der Waals surface area (Å²) in [6, 6.07) is 14.7. The summed E-state index contributed by atoms with van der Waals surface area (Å²) in [6.07, 6.45) is 2.11. The van der Waals surface area contributed by atoms with E-state index >= 15 is 0 Å². The average Bonchev–Trinajstić information content (AvgIpc) is 2.39. The van der Waals surface area contributed by atoms with Crippen LogP contribution in [0, 0.1) is 0 Å². The van der Waals surface area contributed by atoms with Gasteiger partial charge in [-0.2, -0.15) is 0 Å². The zero-order chi connectivity index (χ0) is 12.8. The first kappa shape index (κ1) is 12.8. The number of thioether (sulfide) groups is 1. The molecule has 0 saturated heterocycles. The monoisotopic (exact) mass is 260 g/mol. The van der Waals surface area contributed by atoms with Crippen LogP contribution in [0.25, 0.3) is 0 Å². The van der Waals surface area contributed by atoms with Crippen LogP contribution in [0.1, 0.15) is 12.0 Å². The Kier molecular flexibility index (Phi) is 4.53. The number of aromatic hydroxyl groups is 2. The summed E-state index contributed by atoms with van der Waals surface area (Å²) in [5.74, 6) is 1.67. The molecule has 0 saturated carbocycles. The molecule has 0 unspecified atom stereocenters. The zero-order valence-electron chi connectivity index (χ0n) is 10.0. The van der Waals surface area contributed by atoms with Crippen LogP contribution >= 0.6 is 11.8 Å². The van der Waals surface area contributed by atoms with Crippen LogP contribution in [0.2, 0.25) is 0 Å². The van der Waals surface area contributed by atoms with Gasteiger partial charge in [0, 0.05) is 4.90 Å². The highest BCUT2D eigenvalue weighted by Crippen LogP contribution is 2.22. The molecule has 0 radical (unpaired) electrons. The van der Waals surface area contributed by atoms with Crippen molar-refractivity contribution in [2.24, 2.45) is 0 Å². The van der Waals surface area contributed by atoms with Crippen molar-refractivity contribution in [3.8, 4) is 11.5 Å². The number of phenolic OH excluding ortho intramolecular Hbond substituents is 2. The summed E-state index contributed by atoms with van der Waals surface area (Å²) < 4.78 is 0. The van der Waals surface area contributed by atoms with Gasteiger partial charge in [-0.1, -0.05) is 12.1 Å². The second-order valence-electron chi connectivity index (χ2n) is 4.11. The highest BCUT2D eigenvalue weighted by Gasteiger charge is 1.97. The quantitative estimate of drug-likeness (QED) is 0.634. The normalized spacial score (nSPS) is 10.4. The van der Waals surface area contributed by atoms with E-state index in [9.17, 15) is 5.11 Å². The Balaban J connectivity index is 1.73. The van der Waals surface area contributed by atoms with Crippen LogP contribution in [0.4, 0.5) is 0 Å². The number of rotatable bonds is 5. The molecule has 94 valence electrons. The minimum Gasteiger partial charge on any atom is -0.508 e. The second kappa shape index (κ2) is 6.36. The van der Waals surface area contributed by atoms with Crippen molar-refractivity contribution < 1.29 is 10.2 Å². The molecular weight excluding hydrogens is 244 g/mol. The summed E-state index contributed by atoms with van der Waals surface area (Å²) in [4.78, 5) is 1.18. The topological polar surface area (TPSA) is 40.5 Å². The van der Waals surface area contributed by atoms with Crippen LogP contribution in [0.15, 0.2) is 53.4 Å². The van der Waals surface area contributed by atoms with Gasteiger partial charge >= 0.3 is 0 Å². The predicted octanol–water partition coefficient (Wildman–Crippen LogP) is 3.82. The molecule has 2 rings (SSSR count). The Labute approximate surface area is 111 Å². The SMILES string of the molecule is Oc1ccc(CCCSc2ccc(O)cc2)cc1. The molecule has 2 N–H and O–H groups in total. The van der Waals surface area contributed by atoms with Gasteiger partial charge < -0.3 is 10.2 Å². The fraction of sp³-hybridized carbons (Fsp3) is 0.200. The fourth-order valence-corrected chi connectivity index (χ4v) is 2.52. The number of hydrogen-bond acceptors (Lipinski definition) is 3. The number of hydrogen-bond donors (Lipinski definition) is 2. The van der Waals surface area contributed by atoms with E-state index in [0.717, 1.165) is 18.6 Å². The molecular formula is C15H16O2S. The van der Waals surface area contributed by atoms with Gasteiger partial charge in [-0.05, 0) is 60.6 Å². The van der Waals surface area contributed by atoms with Gasteiger partial charge in [-0.3, -0.25) is 0 Å². The lowest BCUT2D eigenvalue weighted by atomic mass is 10.1. The van der Waals surface area contributed by atoms with Crippen LogP contribution < -0.4 is 0 Å². The van der Waals surface area contributed by atoms with Crippen molar-refractivity contribution in [2.45, 2.75) is 17.7 Å². The fourth-order valence-electron chi connectivity index (χ4n) is 1.67. The zero-order valence-corrected chi connectivity index (χ0v) is 10.9. The lowest BCUT2D eigenvalue weighted by Crippen LogP contribution is -1.87. The lowest BCUT2D eigenvalue weighted by molar-refractivity contribution is 0.474. The van der Waals surface area contributed by atoms with Gasteiger partial charge in [0.1, 0.15) is 11.5 Å². The van der Waals surface area contributed by atoms with Crippen LogP contribution in [-0.2, 0) is 6.42 Å². The largest absolute Gasteiger partial charge is 0.508 e. The van der Waals surface area contributed by atoms with Crippen molar-refractivity contribution in [3.05, 3.63) is 54.1 Å². The molecule has 0 atom stereocenters. The first-order chi connectivity index (χ1) is 8.74. The predicted molar refractivity (Wildman–Crippen MR) is 75.3 cm³/mol. The third-order valence-electron chi connectivity index (χ3n) is 2.65. The molecule has 0 aliphatic rings. The molecule has 0 heterocycles. The molecule has 2 aromatic rings. The van der Waals surface area contributed by atoms with E-state index in [1.807, 2.05) is 24.3 Å². The molecule has 0 amide bonds. The summed E-state index contributed by atoms with van der Waals surface area (Å²) in [5.41, 5.74) is 1.25. The van der Waals surface area contributed by atoms with Gasteiger partial charge in [-0.15, -0.1) is 11.8 Å². The Hall–Kier alpha value is -1.61. The van der Waals surface area contributed by atoms with Crippen molar-refractivity contribution in [2.75, 3.05) is 5.75 Å². The standard InChI is InChI=1S/C15H16O2S/c16-13-5-3-12(4-6-13)2-1-11-18-15-9-7-14(17)8-10-15/h3-10,16-17H,1-2,11H2. The lowest BCUT2D eigenvalue weighted by Gasteiger charge is -2.03. The van der Waals surface area contributed by atoms with Crippen LogP contribution in [-0.4, -0.2) is 16.0 Å². The van der Waals surface area contributed by atoms with Gasteiger partial charge in [0.25, 0.3) is 0 Å². The maximum absolute atomic E-state index is 9.17. The number of aryl methyl sites for hydroxylation is 1. The third-order valence-corrected chi connectivity index (χ3v) is 3.75. The molecule has 0 aromatic heterocycles. The second-order valence-corrected chi connectivity index (χ2v) is 5.28. The minimum absolute atomic E-state index is 0.309. The van der Waals surface area contributed by atoms with Gasteiger partial charge in [0.15, 0.2) is 0 Å². The van der Waals surface area contributed by atoms with Crippen LogP contribution in [0.3, 0.4) is 0 Å². The van der Waals surface area contributed by atoms with E-state index in [1.165, 1.54) is 10.5 Å². The molecule has 0 aliphatic heterocycles. The summed E-state index contributed by atoms with van der Waals surface area (Å²) in [7, 11) is 0. The number of benzene rings is 2. The highest BCUT2D eigenvalue weighted by molar-refractivity contribution is 7.99. The third kappa shape index (κ3) is 4.00. The smallest absolute Gasteiger partial charge is 0.115 e. The van der Waals surface area contributed by atoms with Gasteiger partial charge in [0.05, 0.1) is 0 Å².